The van der Waals surface area contributed by atoms with Gasteiger partial charge in [-0.1, -0.05) is 19.9 Å². The van der Waals surface area contributed by atoms with Crippen LogP contribution in [0.2, 0.25) is 0 Å². The fraction of sp³-hybridized carbons (Fsp3) is 0.600. The lowest BCUT2D eigenvalue weighted by molar-refractivity contribution is 0.0506. The molecule has 100 valence electrons. The van der Waals surface area contributed by atoms with Crippen molar-refractivity contribution < 1.29 is 5.11 Å². The zero-order valence-corrected chi connectivity index (χ0v) is 12.1. The second kappa shape index (κ2) is 4.43. The number of fused-ring (bicyclic) bond motifs is 4. The number of hydrogen-bond acceptors (Lipinski definition) is 2. The second-order valence-corrected chi connectivity index (χ2v) is 6.05. The minimum Gasteiger partial charge on any atom is -0.508 e. The van der Waals surface area contributed by atoms with Gasteiger partial charge in [0, 0.05) is 6.04 Å². The van der Waals surface area contributed by atoms with Crippen molar-refractivity contribution in [2.45, 2.75) is 38.1 Å². The number of benzene rings is 1. The van der Waals surface area contributed by atoms with Gasteiger partial charge in [-0.05, 0) is 61.0 Å². The molecule has 1 aliphatic heterocycles. The highest BCUT2D eigenvalue weighted by Gasteiger charge is 2.47. The molecular formula is C15H22ClNO. The summed E-state index contributed by atoms with van der Waals surface area (Å²) in [5, 5.41) is 9.73. The molecule has 3 atom stereocenters. The van der Waals surface area contributed by atoms with Crippen molar-refractivity contribution in [3.05, 3.63) is 29.3 Å². The van der Waals surface area contributed by atoms with Gasteiger partial charge in [0.05, 0.1) is 0 Å². The Hall–Kier alpha value is -0.730. The Balaban J connectivity index is 0.00000120. The van der Waals surface area contributed by atoms with Crippen LogP contribution in [0.4, 0.5) is 0 Å². The normalized spacial score (nSPS) is 34.6. The number of hydrogen-bond donors (Lipinski definition) is 1. The monoisotopic (exact) mass is 267 g/mol. The van der Waals surface area contributed by atoms with Crippen molar-refractivity contribution in [1.82, 2.24) is 4.90 Å². The van der Waals surface area contributed by atoms with Gasteiger partial charge in [0.15, 0.2) is 0 Å². The van der Waals surface area contributed by atoms with E-state index >= 15 is 0 Å². The molecule has 0 unspecified atom stereocenters. The van der Waals surface area contributed by atoms with Gasteiger partial charge in [0.2, 0.25) is 0 Å². The van der Waals surface area contributed by atoms with Gasteiger partial charge < -0.3 is 10.0 Å². The molecule has 1 saturated heterocycles. The Morgan fingerprint density at radius 1 is 1.39 bits per heavy atom. The molecule has 18 heavy (non-hydrogen) atoms. The summed E-state index contributed by atoms with van der Waals surface area (Å²) in [6.07, 6.45) is 2.32. The maximum Gasteiger partial charge on any atom is 0.115 e. The van der Waals surface area contributed by atoms with Gasteiger partial charge in [-0.2, -0.15) is 0 Å². The van der Waals surface area contributed by atoms with Crippen molar-refractivity contribution in [2.75, 3.05) is 13.6 Å². The minimum absolute atomic E-state index is 0. The SMILES string of the molecule is C[C@H]1[C@@H]2Cc3ccc(O)cc3[C@@]1(C)CCN2C.Cl. The number of phenols is 1. The lowest BCUT2D eigenvalue weighted by atomic mass is 9.59. The Bertz CT molecular complexity index is 462. The predicted octanol–water partition coefficient (Wildman–Crippen LogP) is 2.97. The highest BCUT2D eigenvalue weighted by Crippen LogP contribution is 2.48. The van der Waals surface area contributed by atoms with Gasteiger partial charge in [0.25, 0.3) is 0 Å². The third-order valence-corrected chi connectivity index (χ3v) is 5.27. The molecule has 0 saturated carbocycles. The molecule has 2 bridgehead atoms. The zero-order valence-electron chi connectivity index (χ0n) is 11.3. The Morgan fingerprint density at radius 3 is 2.83 bits per heavy atom. The van der Waals surface area contributed by atoms with E-state index in [0.29, 0.717) is 17.7 Å². The summed E-state index contributed by atoms with van der Waals surface area (Å²) in [6, 6.07) is 6.59. The summed E-state index contributed by atoms with van der Waals surface area (Å²) in [4.78, 5) is 2.50. The number of halogens is 1. The maximum atomic E-state index is 9.73. The van der Waals surface area contributed by atoms with Gasteiger partial charge in [-0.3, -0.25) is 0 Å². The third kappa shape index (κ3) is 1.74. The van der Waals surface area contributed by atoms with Crippen molar-refractivity contribution in [2.24, 2.45) is 5.92 Å². The first kappa shape index (κ1) is 13.7. The topological polar surface area (TPSA) is 23.5 Å². The maximum absolute atomic E-state index is 9.73. The molecule has 0 amide bonds. The fourth-order valence-corrected chi connectivity index (χ4v) is 3.82. The summed E-state index contributed by atoms with van der Waals surface area (Å²) in [5.41, 5.74) is 3.05. The first-order valence-corrected chi connectivity index (χ1v) is 6.55. The lowest BCUT2D eigenvalue weighted by Crippen LogP contribution is -2.56. The van der Waals surface area contributed by atoms with E-state index in [4.69, 9.17) is 0 Å². The van der Waals surface area contributed by atoms with Crippen LogP contribution >= 0.6 is 12.4 Å². The Labute approximate surface area is 115 Å². The van der Waals surface area contributed by atoms with Crippen molar-refractivity contribution in [1.29, 1.82) is 0 Å². The van der Waals surface area contributed by atoms with Gasteiger partial charge >= 0.3 is 0 Å². The molecule has 1 N–H and O–H groups in total. The van der Waals surface area contributed by atoms with Crippen molar-refractivity contribution >= 4 is 12.4 Å². The van der Waals surface area contributed by atoms with Gasteiger partial charge in [-0.25, -0.2) is 0 Å². The number of likely N-dealkylation sites (N-methyl/N-ethyl adjacent to an activating group) is 1. The molecule has 1 aliphatic carbocycles. The summed E-state index contributed by atoms with van der Waals surface area (Å²) in [5.74, 6) is 1.07. The number of rotatable bonds is 0. The average Bonchev–Trinajstić information content (AvgIpc) is 2.30. The van der Waals surface area contributed by atoms with E-state index in [2.05, 4.69) is 31.9 Å². The second-order valence-electron chi connectivity index (χ2n) is 6.05. The van der Waals surface area contributed by atoms with E-state index < -0.39 is 0 Å². The van der Waals surface area contributed by atoms with E-state index in [1.54, 1.807) is 0 Å². The van der Waals surface area contributed by atoms with Gasteiger partial charge in [-0.15, -0.1) is 12.4 Å². The Morgan fingerprint density at radius 2 is 2.11 bits per heavy atom. The Kier molecular flexibility index (Phi) is 3.37. The largest absolute Gasteiger partial charge is 0.508 e. The average molecular weight is 268 g/mol. The molecule has 3 heteroatoms. The van der Waals surface area contributed by atoms with Crippen LogP contribution in [0.15, 0.2) is 18.2 Å². The molecule has 1 aromatic carbocycles. The van der Waals surface area contributed by atoms with E-state index in [1.807, 2.05) is 12.1 Å². The first-order chi connectivity index (χ1) is 8.02. The third-order valence-electron chi connectivity index (χ3n) is 5.27. The van der Waals surface area contributed by atoms with Gasteiger partial charge in [0.1, 0.15) is 5.75 Å². The summed E-state index contributed by atoms with van der Waals surface area (Å²) >= 11 is 0. The molecule has 2 nitrogen and oxygen atoms in total. The molecule has 0 aromatic heterocycles. The molecule has 1 fully saturated rings. The minimum atomic E-state index is 0. The zero-order chi connectivity index (χ0) is 12.2. The number of likely N-dealkylation sites (tertiary alicyclic amines) is 1. The molecule has 3 rings (SSSR count). The summed E-state index contributed by atoms with van der Waals surface area (Å²) in [7, 11) is 2.24. The van der Waals surface area contributed by atoms with E-state index in [-0.39, 0.29) is 17.8 Å². The highest BCUT2D eigenvalue weighted by atomic mass is 35.5. The van der Waals surface area contributed by atoms with E-state index in [0.717, 1.165) is 6.42 Å². The molecule has 1 heterocycles. The number of piperidine rings is 1. The summed E-state index contributed by atoms with van der Waals surface area (Å²) < 4.78 is 0. The van der Waals surface area contributed by atoms with Crippen molar-refractivity contribution in [3.63, 3.8) is 0 Å². The molecule has 1 aromatic rings. The van der Waals surface area contributed by atoms with Crippen LogP contribution in [0.3, 0.4) is 0 Å². The number of phenolic OH excluding ortho intramolecular Hbond substituents is 1. The molecule has 0 radical (unpaired) electrons. The lowest BCUT2D eigenvalue weighted by Gasteiger charge is -2.53. The quantitative estimate of drug-likeness (QED) is 0.781. The summed E-state index contributed by atoms with van der Waals surface area (Å²) in [6.45, 7) is 5.91. The first-order valence-electron chi connectivity index (χ1n) is 6.55. The number of nitrogens with zero attached hydrogens (tertiary/aromatic N) is 1. The van der Waals surface area contributed by atoms with Crippen molar-refractivity contribution in [3.8, 4) is 5.75 Å². The molecular weight excluding hydrogens is 246 g/mol. The number of aromatic hydroxyl groups is 1. The smallest absolute Gasteiger partial charge is 0.115 e. The van der Waals surface area contributed by atoms with E-state index in [1.165, 1.54) is 24.1 Å². The van der Waals surface area contributed by atoms with E-state index in [9.17, 15) is 5.11 Å². The fourth-order valence-electron chi connectivity index (χ4n) is 3.82. The molecule has 2 aliphatic rings. The van der Waals surface area contributed by atoms with Crippen LogP contribution in [0.5, 0.6) is 5.75 Å². The van der Waals surface area contributed by atoms with Crippen LogP contribution in [0, 0.1) is 5.92 Å². The highest BCUT2D eigenvalue weighted by molar-refractivity contribution is 5.85. The van der Waals surface area contributed by atoms with Crippen LogP contribution < -0.4 is 0 Å². The predicted molar refractivity (Wildman–Crippen MR) is 76.6 cm³/mol. The van der Waals surface area contributed by atoms with Crippen LogP contribution in [-0.4, -0.2) is 29.6 Å². The van der Waals surface area contributed by atoms with Crippen LogP contribution in [0.1, 0.15) is 31.4 Å². The van der Waals surface area contributed by atoms with Crippen LogP contribution in [0.25, 0.3) is 0 Å². The van der Waals surface area contributed by atoms with Crippen LogP contribution in [-0.2, 0) is 11.8 Å². The standard InChI is InChI=1S/C15H21NO.ClH/c1-10-14-8-11-4-5-12(17)9-13(11)15(10,2)6-7-16(14)3;/h4-5,9-10,14,17H,6-8H2,1-3H3;1H/t10-,14-,15-;/m0./s1. The molecule has 0 spiro atoms.